The first-order valence-electron chi connectivity index (χ1n) is 8.69. The predicted molar refractivity (Wildman–Crippen MR) is 98.1 cm³/mol. The van der Waals surface area contributed by atoms with Crippen LogP contribution in [0.25, 0.3) is 0 Å². The van der Waals surface area contributed by atoms with Crippen LogP contribution in [0.2, 0.25) is 0 Å². The minimum absolute atomic E-state index is 0.0917. The third-order valence-corrected chi connectivity index (χ3v) is 6.48. The van der Waals surface area contributed by atoms with Gasteiger partial charge in [-0.25, -0.2) is 13.9 Å². The second kappa shape index (κ2) is 7.30. The highest BCUT2D eigenvalue weighted by molar-refractivity contribution is 7.87. The van der Waals surface area contributed by atoms with Crippen LogP contribution in [-0.2, 0) is 14.9 Å². The van der Waals surface area contributed by atoms with Crippen molar-refractivity contribution < 1.29 is 32.2 Å². The van der Waals surface area contributed by atoms with Crippen molar-refractivity contribution in [2.45, 2.75) is 12.8 Å². The number of nitrogens with one attached hydrogen (secondary N) is 1. The summed E-state index contributed by atoms with van der Waals surface area (Å²) in [5.41, 5.74) is -0.991. The molecule has 0 aliphatic carbocycles. The standard InChI is InChI=1S/C17H22FN3O6S/c1-20(2)14-7-11(16(23)24)13(18)6-12(14)15(22)19-28(25,26)21-5-3-4-17(8-21)9-27-10-17/h6-7H,3-5,8-10H2,1-2H3,(H,19,22)(H,23,24). The first-order chi connectivity index (χ1) is 13.0. The lowest BCUT2D eigenvalue weighted by atomic mass is 9.79. The van der Waals surface area contributed by atoms with E-state index in [0.717, 1.165) is 18.6 Å². The number of piperidine rings is 1. The number of rotatable bonds is 5. The number of carbonyl (C=O) groups excluding carboxylic acids is 1. The van der Waals surface area contributed by atoms with E-state index in [0.29, 0.717) is 19.6 Å². The molecule has 2 N–H and O–H groups in total. The summed E-state index contributed by atoms with van der Waals surface area (Å²) in [7, 11) is -1.07. The molecule has 0 saturated carbocycles. The minimum atomic E-state index is -4.14. The molecule has 3 rings (SSSR count). The molecule has 1 aromatic rings. The second-order valence-corrected chi connectivity index (χ2v) is 9.09. The highest BCUT2D eigenvalue weighted by Gasteiger charge is 2.45. The van der Waals surface area contributed by atoms with Gasteiger partial charge < -0.3 is 14.7 Å². The zero-order valence-electron chi connectivity index (χ0n) is 15.6. The Morgan fingerprint density at radius 3 is 2.50 bits per heavy atom. The molecule has 2 saturated heterocycles. The molecule has 154 valence electrons. The predicted octanol–water partition coefficient (Wildman–Crippen LogP) is 0.677. The lowest BCUT2D eigenvalue weighted by molar-refractivity contribution is -0.133. The van der Waals surface area contributed by atoms with Crippen LogP contribution >= 0.6 is 0 Å². The van der Waals surface area contributed by atoms with Crippen LogP contribution < -0.4 is 9.62 Å². The van der Waals surface area contributed by atoms with Gasteiger partial charge in [-0.15, -0.1) is 0 Å². The van der Waals surface area contributed by atoms with Gasteiger partial charge in [0, 0.05) is 32.6 Å². The summed E-state index contributed by atoms with van der Waals surface area (Å²) < 4.78 is 47.9. The average molecular weight is 415 g/mol. The summed E-state index contributed by atoms with van der Waals surface area (Å²) in [6, 6.07) is 1.74. The lowest BCUT2D eigenvalue weighted by Gasteiger charge is -2.47. The molecule has 2 fully saturated rings. The topological polar surface area (TPSA) is 116 Å². The molecule has 28 heavy (non-hydrogen) atoms. The van der Waals surface area contributed by atoms with Crippen LogP contribution in [0.15, 0.2) is 12.1 Å². The molecular formula is C17H22FN3O6S. The van der Waals surface area contributed by atoms with Gasteiger partial charge in [0.1, 0.15) is 5.82 Å². The van der Waals surface area contributed by atoms with Crippen LogP contribution in [0.4, 0.5) is 10.1 Å². The van der Waals surface area contributed by atoms with Crippen molar-refractivity contribution in [2.24, 2.45) is 5.41 Å². The quantitative estimate of drug-likeness (QED) is 0.726. The van der Waals surface area contributed by atoms with E-state index >= 15 is 0 Å². The molecule has 1 amide bonds. The van der Waals surface area contributed by atoms with E-state index in [2.05, 4.69) is 0 Å². The molecule has 9 nitrogen and oxygen atoms in total. The Kier molecular flexibility index (Phi) is 5.34. The highest BCUT2D eigenvalue weighted by atomic mass is 32.2. The number of anilines is 1. The van der Waals surface area contributed by atoms with Gasteiger partial charge in [0.05, 0.1) is 30.0 Å². The van der Waals surface area contributed by atoms with Crippen molar-refractivity contribution in [2.75, 3.05) is 45.3 Å². The SMILES string of the molecule is CN(C)c1cc(C(=O)O)c(F)cc1C(=O)NS(=O)(=O)N1CCCC2(COC2)C1. The Balaban J connectivity index is 1.85. The summed E-state index contributed by atoms with van der Waals surface area (Å²) in [6.45, 7) is 1.50. The number of carbonyl (C=O) groups is 2. The summed E-state index contributed by atoms with van der Waals surface area (Å²) in [6.07, 6.45) is 1.52. The normalized spacial score (nSPS) is 19.1. The van der Waals surface area contributed by atoms with E-state index < -0.39 is 33.5 Å². The molecule has 1 spiro atoms. The largest absolute Gasteiger partial charge is 0.478 e. The Labute approximate surface area is 162 Å². The van der Waals surface area contributed by atoms with Gasteiger partial charge in [-0.05, 0) is 25.0 Å². The van der Waals surface area contributed by atoms with E-state index in [-0.39, 0.29) is 29.8 Å². The monoisotopic (exact) mass is 415 g/mol. The van der Waals surface area contributed by atoms with Crippen LogP contribution in [0, 0.1) is 11.2 Å². The number of benzene rings is 1. The Bertz CT molecular complexity index is 914. The van der Waals surface area contributed by atoms with Crippen molar-refractivity contribution in [1.82, 2.24) is 9.03 Å². The number of halogens is 1. The fraction of sp³-hybridized carbons (Fsp3) is 0.529. The molecule has 0 bridgehead atoms. The summed E-state index contributed by atoms with van der Waals surface area (Å²) >= 11 is 0. The molecule has 0 atom stereocenters. The van der Waals surface area contributed by atoms with Gasteiger partial charge >= 0.3 is 16.2 Å². The van der Waals surface area contributed by atoms with Gasteiger partial charge in [0.25, 0.3) is 5.91 Å². The maximum Gasteiger partial charge on any atom is 0.338 e. The fourth-order valence-corrected chi connectivity index (χ4v) is 4.80. The fourth-order valence-electron chi connectivity index (χ4n) is 3.51. The minimum Gasteiger partial charge on any atom is -0.478 e. The van der Waals surface area contributed by atoms with Crippen molar-refractivity contribution in [3.63, 3.8) is 0 Å². The average Bonchev–Trinajstić information content (AvgIpc) is 2.59. The molecule has 0 aromatic heterocycles. The first kappa shape index (κ1) is 20.5. The van der Waals surface area contributed by atoms with Crippen molar-refractivity contribution in [3.05, 3.63) is 29.1 Å². The van der Waals surface area contributed by atoms with Crippen LogP contribution in [0.5, 0.6) is 0 Å². The van der Waals surface area contributed by atoms with Crippen molar-refractivity contribution >= 4 is 27.8 Å². The third-order valence-electron chi connectivity index (χ3n) is 5.05. The lowest BCUT2D eigenvalue weighted by Crippen LogP contribution is -2.57. The van der Waals surface area contributed by atoms with E-state index in [1.165, 1.54) is 23.3 Å². The Morgan fingerprint density at radius 1 is 1.29 bits per heavy atom. The number of nitrogens with zero attached hydrogens (tertiary/aromatic N) is 2. The summed E-state index contributed by atoms with van der Waals surface area (Å²) in [5.74, 6) is -3.63. The van der Waals surface area contributed by atoms with Crippen LogP contribution in [-0.4, -0.2) is 70.1 Å². The van der Waals surface area contributed by atoms with Crippen molar-refractivity contribution in [3.8, 4) is 0 Å². The number of hydrogen-bond acceptors (Lipinski definition) is 6. The highest BCUT2D eigenvalue weighted by Crippen LogP contribution is 2.37. The second-order valence-electron chi connectivity index (χ2n) is 7.41. The number of carboxylic acid groups (broad SMARTS) is 1. The maximum absolute atomic E-state index is 14.1. The number of aromatic carboxylic acids is 1. The zero-order valence-corrected chi connectivity index (χ0v) is 16.4. The first-order valence-corrected chi connectivity index (χ1v) is 10.1. The van der Waals surface area contributed by atoms with E-state index in [4.69, 9.17) is 9.84 Å². The molecular weight excluding hydrogens is 393 g/mol. The van der Waals surface area contributed by atoms with Gasteiger partial charge in [-0.2, -0.15) is 12.7 Å². The molecule has 0 radical (unpaired) electrons. The van der Waals surface area contributed by atoms with Gasteiger partial charge in [-0.1, -0.05) is 0 Å². The smallest absolute Gasteiger partial charge is 0.338 e. The van der Waals surface area contributed by atoms with E-state index in [1.54, 1.807) is 0 Å². The van der Waals surface area contributed by atoms with Gasteiger partial charge in [-0.3, -0.25) is 4.79 Å². The van der Waals surface area contributed by atoms with Gasteiger partial charge in [0.2, 0.25) is 0 Å². The molecule has 11 heteroatoms. The molecule has 0 unspecified atom stereocenters. The zero-order chi connectivity index (χ0) is 20.7. The molecule has 1 aromatic carbocycles. The molecule has 2 aliphatic heterocycles. The van der Waals surface area contributed by atoms with Crippen molar-refractivity contribution in [1.29, 1.82) is 0 Å². The number of carboxylic acids is 1. The number of amides is 1. The molecule has 2 heterocycles. The summed E-state index contributed by atoms with van der Waals surface area (Å²) in [4.78, 5) is 25.2. The summed E-state index contributed by atoms with van der Waals surface area (Å²) in [5, 5.41) is 9.06. The Morgan fingerprint density at radius 2 is 1.96 bits per heavy atom. The van der Waals surface area contributed by atoms with Crippen LogP contribution in [0.3, 0.4) is 0 Å². The maximum atomic E-state index is 14.1. The number of hydrogen-bond donors (Lipinski definition) is 2. The van der Waals surface area contributed by atoms with E-state index in [1.807, 2.05) is 4.72 Å². The third kappa shape index (κ3) is 3.82. The number of ether oxygens (including phenoxy) is 1. The van der Waals surface area contributed by atoms with E-state index in [9.17, 15) is 22.4 Å². The molecule has 2 aliphatic rings. The van der Waals surface area contributed by atoms with Gasteiger partial charge in [0.15, 0.2) is 0 Å². The van der Waals surface area contributed by atoms with Crippen LogP contribution in [0.1, 0.15) is 33.6 Å². The Hall–Kier alpha value is -2.24.